The van der Waals surface area contributed by atoms with Gasteiger partial charge >= 0.3 is 11.9 Å². The quantitative estimate of drug-likeness (QED) is 0.517. The summed E-state index contributed by atoms with van der Waals surface area (Å²) in [6.45, 7) is 3.42. The molecule has 0 aliphatic heterocycles. The van der Waals surface area contributed by atoms with Crippen molar-refractivity contribution < 1.29 is 26.9 Å². The molecule has 1 aromatic heterocycles. The molecule has 0 bridgehead atoms. The van der Waals surface area contributed by atoms with Gasteiger partial charge in [0.1, 0.15) is 11.5 Å². The van der Waals surface area contributed by atoms with Crippen molar-refractivity contribution >= 4 is 29.1 Å². The second-order valence-electron chi connectivity index (χ2n) is 6.65. The van der Waals surface area contributed by atoms with Crippen molar-refractivity contribution in [3.63, 3.8) is 0 Å². The van der Waals surface area contributed by atoms with Crippen molar-refractivity contribution in [2.24, 2.45) is 7.05 Å². The Labute approximate surface area is 181 Å². The minimum atomic E-state index is -5.00. The maximum Gasteiger partial charge on any atom is 0.431 e. The highest BCUT2D eigenvalue weighted by Crippen LogP contribution is 2.27. The Kier molecular flexibility index (Phi) is 7.25. The Morgan fingerprint density at radius 2 is 1.84 bits per heavy atom. The van der Waals surface area contributed by atoms with E-state index in [4.69, 9.17) is 11.6 Å². The Morgan fingerprint density at radius 3 is 2.35 bits per heavy atom. The molecule has 0 saturated carbocycles. The molecule has 1 heterocycles. The molecule has 1 aromatic carbocycles. The van der Waals surface area contributed by atoms with Gasteiger partial charge in [0.2, 0.25) is 0 Å². The smallest absolute Gasteiger partial charge is 0.431 e. The molecule has 1 N–H and O–H groups in total. The molecule has 0 spiro atoms. The van der Waals surface area contributed by atoms with Crippen molar-refractivity contribution in [2.75, 3.05) is 7.05 Å². The first-order chi connectivity index (χ1) is 14.2. The molecule has 2 aromatic rings. The number of alkyl halides is 3. The van der Waals surface area contributed by atoms with E-state index >= 15 is 0 Å². The van der Waals surface area contributed by atoms with E-state index in [1.54, 1.807) is 13.8 Å². The molecule has 0 fully saturated rings. The van der Waals surface area contributed by atoms with E-state index in [0.29, 0.717) is 6.07 Å². The second kappa shape index (κ2) is 9.02. The lowest BCUT2D eigenvalue weighted by Gasteiger charge is -2.22. The molecule has 0 unspecified atom stereocenters. The predicted octanol–water partition coefficient (Wildman–Crippen LogP) is 2.00. The number of hydrogen-bond donors (Lipinski definition) is 1. The van der Waals surface area contributed by atoms with Crippen LogP contribution in [0.25, 0.3) is 5.69 Å². The summed E-state index contributed by atoms with van der Waals surface area (Å²) in [6.07, 6.45) is -5.00. The van der Waals surface area contributed by atoms with Gasteiger partial charge in [-0.3, -0.25) is 14.2 Å². The third-order valence-corrected chi connectivity index (χ3v) is 5.92. The number of nitrogens with one attached hydrogen (secondary N) is 1. The van der Waals surface area contributed by atoms with Gasteiger partial charge in [0.05, 0.1) is 22.3 Å². The number of aromatic nitrogens is 2. The van der Waals surface area contributed by atoms with Crippen LogP contribution in [0.1, 0.15) is 29.9 Å². The van der Waals surface area contributed by atoms with Crippen LogP contribution in [-0.2, 0) is 24.8 Å². The van der Waals surface area contributed by atoms with Gasteiger partial charge in [-0.1, -0.05) is 11.6 Å². The molecule has 31 heavy (non-hydrogen) atoms. The largest absolute Gasteiger partial charge is 0.573 e. The number of amides is 1. The van der Waals surface area contributed by atoms with Crippen LogP contribution in [0.5, 0.6) is 0 Å². The van der Waals surface area contributed by atoms with Gasteiger partial charge in [0, 0.05) is 20.2 Å². The molecule has 0 aliphatic carbocycles. The van der Waals surface area contributed by atoms with Gasteiger partial charge < -0.3 is 4.55 Å². The highest BCUT2D eigenvalue weighted by Gasteiger charge is 2.35. The number of hydrogen-bond acceptors (Lipinski definition) is 5. The van der Waals surface area contributed by atoms with Crippen LogP contribution < -0.4 is 16.0 Å². The standard InChI is InChI=1S/C17H17ClF4N4O4S/c1-8(2)25(4)31(30)23-15(28)9-5-12(11(19)6-10(9)18)26-14(27)7-13(17(20,21)22)24(3)16(26)29/h5-8H,1-4H3,(H,23,28)/t31-/m1/s1. The van der Waals surface area contributed by atoms with E-state index in [1.807, 2.05) is 0 Å². The average Bonchev–Trinajstić information content (AvgIpc) is 2.64. The maximum atomic E-state index is 14.5. The van der Waals surface area contributed by atoms with E-state index in [9.17, 15) is 36.5 Å². The van der Waals surface area contributed by atoms with Crippen LogP contribution in [0.3, 0.4) is 0 Å². The zero-order valence-electron chi connectivity index (χ0n) is 16.6. The number of benzene rings is 1. The van der Waals surface area contributed by atoms with E-state index in [1.165, 1.54) is 11.4 Å². The van der Waals surface area contributed by atoms with Crippen LogP contribution in [0.2, 0.25) is 5.02 Å². The van der Waals surface area contributed by atoms with Crippen molar-refractivity contribution in [3.8, 4) is 5.69 Å². The molecule has 8 nitrogen and oxygen atoms in total. The third-order valence-electron chi connectivity index (χ3n) is 4.30. The van der Waals surface area contributed by atoms with Crippen molar-refractivity contribution in [1.82, 2.24) is 18.2 Å². The van der Waals surface area contributed by atoms with E-state index in [-0.39, 0.29) is 21.2 Å². The van der Waals surface area contributed by atoms with Gasteiger partial charge in [-0.25, -0.2) is 13.8 Å². The lowest BCUT2D eigenvalue weighted by Crippen LogP contribution is -2.44. The van der Waals surface area contributed by atoms with Gasteiger partial charge in [0.25, 0.3) is 11.5 Å². The third kappa shape index (κ3) is 5.11. The predicted molar refractivity (Wildman–Crippen MR) is 106 cm³/mol. The summed E-state index contributed by atoms with van der Waals surface area (Å²) in [6, 6.07) is 1.25. The first-order valence-corrected chi connectivity index (χ1v) is 10.0. The molecule has 0 saturated heterocycles. The van der Waals surface area contributed by atoms with Crippen LogP contribution >= 0.6 is 11.6 Å². The average molecular weight is 485 g/mol. The van der Waals surface area contributed by atoms with Crippen molar-refractivity contribution in [1.29, 1.82) is 0 Å². The fourth-order valence-electron chi connectivity index (χ4n) is 2.40. The summed E-state index contributed by atoms with van der Waals surface area (Å²) >= 11 is 3.88. The zero-order valence-corrected chi connectivity index (χ0v) is 18.2. The number of rotatable bonds is 5. The highest BCUT2D eigenvalue weighted by atomic mass is 35.5. The van der Waals surface area contributed by atoms with Gasteiger partial charge in [-0.15, -0.1) is 9.03 Å². The molecule has 170 valence electrons. The molecule has 2 rings (SSSR count). The number of halogens is 5. The Balaban J connectivity index is 2.61. The van der Waals surface area contributed by atoms with Gasteiger partial charge in [-0.2, -0.15) is 13.2 Å². The number of nitrogens with zero attached hydrogens (tertiary/aromatic N) is 3. The van der Waals surface area contributed by atoms with Crippen LogP contribution in [0.15, 0.2) is 27.8 Å². The SMILES string of the molecule is CC(C)N(C)[S@+]([O-])NC(=O)c1cc(-n2c(=O)cc(C(F)(F)F)n(C)c2=O)c(F)cc1Cl. The Morgan fingerprint density at radius 1 is 1.26 bits per heavy atom. The summed E-state index contributed by atoms with van der Waals surface area (Å²) in [5.41, 5.74) is -5.73. The topological polar surface area (TPSA) is 99.4 Å². The summed E-state index contributed by atoms with van der Waals surface area (Å²) in [5, 5.41) is -0.431. The summed E-state index contributed by atoms with van der Waals surface area (Å²) < 4.78 is 69.3. The van der Waals surface area contributed by atoms with Gasteiger partial charge in [-0.05, 0) is 26.0 Å². The molecule has 0 radical (unpaired) electrons. The van der Waals surface area contributed by atoms with Crippen LogP contribution in [0.4, 0.5) is 17.6 Å². The molecule has 14 heteroatoms. The molecule has 1 amide bonds. The lowest BCUT2D eigenvalue weighted by molar-refractivity contribution is -0.144. The summed E-state index contributed by atoms with van der Waals surface area (Å²) in [7, 11) is 2.22. The zero-order chi connectivity index (χ0) is 23.8. The maximum absolute atomic E-state index is 14.5. The van der Waals surface area contributed by atoms with E-state index in [2.05, 4.69) is 4.72 Å². The molecule has 1 atom stereocenters. The molecule has 0 aliphatic rings. The monoisotopic (exact) mass is 484 g/mol. The fraction of sp³-hybridized carbons (Fsp3) is 0.353. The van der Waals surface area contributed by atoms with E-state index in [0.717, 1.165) is 13.1 Å². The van der Waals surface area contributed by atoms with Crippen LogP contribution in [0, 0.1) is 5.82 Å². The summed E-state index contributed by atoms with van der Waals surface area (Å²) in [4.78, 5) is 37.1. The number of carbonyl (C=O) groups excluding carboxylic acids is 1. The normalized spacial score (nSPS) is 13.0. The van der Waals surface area contributed by atoms with Crippen LogP contribution in [-0.4, -0.2) is 37.0 Å². The highest BCUT2D eigenvalue weighted by molar-refractivity contribution is 7.87. The van der Waals surface area contributed by atoms with Crippen molar-refractivity contribution in [3.05, 3.63) is 61.1 Å². The van der Waals surface area contributed by atoms with Gasteiger partial charge in [0.15, 0.2) is 11.5 Å². The first-order valence-electron chi connectivity index (χ1n) is 8.52. The Hall–Kier alpha value is -2.35. The second-order valence-corrected chi connectivity index (χ2v) is 8.33. The number of carbonyl (C=O) groups is 1. The fourth-order valence-corrected chi connectivity index (χ4v) is 3.43. The van der Waals surface area contributed by atoms with Crippen molar-refractivity contribution in [2.45, 2.75) is 26.1 Å². The van der Waals surface area contributed by atoms with E-state index < -0.39 is 62.7 Å². The molecular weight excluding hydrogens is 468 g/mol. The minimum absolute atomic E-state index is 0.127. The lowest BCUT2D eigenvalue weighted by atomic mass is 10.1. The first kappa shape index (κ1) is 24.9. The Bertz CT molecular complexity index is 1130. The minimum Gasteiger partial charge on any atom is -0.573 e. The summed E-state index contributed by atoms with van der Waals surface area (Å²) in [5.74, 6) is -2.25. The molecular formula is C17H17ClF4N4O4S.